The van der Waals surface area contributed by atoms with E-state index in [9.17, 15) is 8.78 Å². The third kappa shape index (κ3) is 2.66. The van der Waals surface area contributed by atoms with Crippen LogP contribution in [0.3, 0.4) is 0 Å². The number of para-hydroxylation sites is 1. The standard InChI is InChI=1S/C16H13F2N3O2S/c1-8-7-24-16(19-8)14-20-15(23-21-14)10-6-9-4-2-3-5-11(9)22-12(10)13(17)18/h2-5,7,10,12-13H,6H2,1H3/t10-,12-/m1/s1. The van der Waals surface area contributed by atoms with Gasteiger partial charge in [-0.2, -0.15) is 4.98 Å². The maximum atomic E-state index is 13.5. The molecule has 4 rings (SSSR count). The topological polar surface area (TPSA) is 61.0 Å². The van der Waals surface area contributed by atoms with Crippen molar-refractivity contribution in [3.63, 3.8) is 0 Å². The number of hydrogen-bond donors (Lipinski definition) is 0. The molecule has 1 aliphatic rings. The summed E-state index contributed by atoms with van der Waals surface area (Å²) in [5.41, 5.74) is 1.70. The fraction of sp³-hybridized carbons (Fsp3) is 0.312. The van der Waals surface area contributed by atoms with Crippen LogP contribution in [0, 0.1) is 6.92 Å². The van der Waals surface area contributed by atoms with Crippen molar-refractivity contribution < 1.29 is 18.0 Å². The number of thiazole rings is 1. The summed E-state index contributed by atoms with van der Waals surface area (Å²) in [5.74, 6) is 0.254. The first-order chi connectivity index (χ1) is 11.6. The summed E-state index contributed by atoms with van der Waals surface area (Å²) in [6, 6.07) is 7.15. The molecular weight excluding hydrogens is 336 g/mol. The largest absolute Gasteiger partial charge is 0.483 e. The van der Waals surface area contributed by atoms with Gasteiger partial charge in [-0.15, -0.1) is 11.3 Å². The number of alkyl halides is 2. The van der Waals surface area contributed by atoms with Gasteiger partial charge in [-0.25, -0.2) is 13.8 Å². The molecule has 8 heteroatoms. The molecule has 0 unspecified atom stereocenters. The molecule has 3 aromatic rings. The normalized spacial score (nSPS) is 20.0. The minimum absolute atomic E-state index is 0.151. The molecule has 0 amide bonds. The van der Waals surface area contributed by atoms with Gasteiger partial charge in [0.2, 0.25) is 11.7 Å². The number of halogens is 2. The molecule has 0 N–H and O–H groups in total. The van der Waals surface area contributed by atoms with Crippen LogP contribution in [0.1, 0.15) is 23.1 Å². The van der Waals surface area contributed by atoms with Gasteiger partial charge in [-0.1, -0.05) is 23.4 Å². The van der Waals surface area contributed by atoms with Crippen LogP contribution in [-0.2, 0) is 6.42 Å². The molecule has 1 aromatic carbocycles. The summed E-state index contributed by atoms with van der Waals surface area (Å²) in [5, 5.41) is 6.36. The van der Waals surface area contributed by atoms with Gasteiger partial charge in [-0.05, 0) is 25.0 Å². The number of ether oxygens (including phenoxy) is 1. The molecule has 24 heavy (non-hydrogen) atoms. The minimum Gasteiger partial charge on any atom is -0.483 e. The molecule has 0 saturated carbocycles. The first kappa shape index (κ1) is 15.2. The Bertz CT molecular complexity index is 864. The second kappa shape index (κ2) is 5.94. The zero-order chi connectivity index (χ0) is 16.7. The third-order valence-corrected chi connectivity index (χ3v) is 4.85. The highest BCUT2D eigenvalue weighted by molar-refractivity contribution is 7.13. The average Bonchev–Trinajstić information content (AvgIpc) is 3.22. The monoisotopic (exact) mass is 349 g/mol. The summed E-state index contributed by atoms with van der Waals surface area (Å²) in [7, 11) is 0. The minimum atomic E-state index is -2.65. The van der Waals surface area contributed by atoms with Gasteiger partial charge in [0.25, 0.3) is 6.43 Å². The molecule has 0 radical (unpaired) electrons. The van der Waals surface area contributed by atoms with E-state index < -0.39 is 18.4 Å². The van der Waals surface area contributed by atoms with Crippen molar-refractivity contribution in [3.8, 4) is 16.6 Å². The highest BCUT2D eigenvalue weighted by Gasteiger charge is 2.40. The Labute approximate surface area is 140 Å². The maximum absolute atomic E-state index is 13.5. The van der Waals surface area contributed by atoms with E-state index >= 15 is 0 Å². The predicted molar refractivity (Wildman–Crippen MR) is 83.5 cm³/mol. The summed E-state index contributed by atoms with van der Waals surface area (Å²) < 4.78 is 37.7. The van der Waals surface area contributed by atoms with Crippen molar-refractivity contribution in [2.24, 2.45) is 0 Å². The number of fused-ring (bicyclic) bond motifs is 1. The Kier molecular flexibility index (Phi) is 3.76. The fourth-order valence-corrected chi connectivity index (χ4v) is 3.47. The molecular formula is C16H13F2N3O2S. The van der Waals surface area contributed by atoms with E-state index in [4.69, 9.17) is 9.26 Å². The lowest BCUT2D eigenvalue weighted by molar-refractivity contribution is -0.0175. The Morgan fingerprint density at radius 3 is 2.83 bits per heavy atom. The van der Waals surface area contributed by atoms with E-state index in [0.29, 0.717) is 23.0 Å². The average molecular weight is 349 g/mol. The molecule has 124 valence electrons. The van der Waals surface area contributed by atoms with Gasteiger partial charge < -0.3 is 9.26 Å². The molecule has 1 aliphatic heterocycles. The van der Waals surface area contributed by atoms with Gasteiger partial charge in [-0.3, -0.25) is 0 Å². The van der Waals surface area contributed by atoms with E-state index in [1.165, 1.54) is 11.3 Å². The molecule has 3 heterocycles. The van der Waals surface area contributed by atoms with Crippen molar-refractivity contribution in [2.45, 2.75) is 31.8 Å². The van der Waals surface area contributed by atoms with Gasteiger partial charge in [0.1, 0.15) is 5.75 Å². The molecule has 0 aliphatic carbocycles. The van der Waals surface area contributed by atoms with Crippen LogP contribution in [0.2, 0.25) is 0 Å². The van der Waals surface area contributed by atoms with E-state index in [1.54, 1.807) is 12.1 Å². The molecule has 0 spiro atoms. The zero-order valence-corrected chi connectivity index (χ0v) is 13.5. The SMILES string of the molecule is Cc1csc(-c2noc([C@@H]3Cc4ccccc4O[C@H]3C(F)F)n2)n1. The van der Waals surface area contributed by atoms with Crippen LogP contribution in [-0.4, -0.2) is 27.7 Å². The summed E-state index contributed by atoms with van der Waals surface area (Å²) in [6.07, 6.45) is -3.60. The van der Waals surface area contributed by atoms with Crippen molar-refractivity contribution >= 4 is 11.3 Å². The smallest absolute Gasteiger partial charge is 0.275 e. The highest BCUT2D eigenvalue weighted by atomic mass is 32.1. The predicted octanol–water partition coefficient (Wildman–Crippen LogP) is 3.85. The van der Waals surface area contributed by atoms with Crippen LogP contribution < -0.4 is 4.74 Å². The number of benzene rings is 1. The quantitative estimate of drug-likeness (QED) is 0.719. The van der Waals surface area contributed by atoms with Crippen molar-refractivity contribution in [3.05, 3.63) is 46.8 Å². The van der Waals surface area contributed by atoms with Gasteiger partial charge >= 0.3 is 0 Å². The van der Waals surface area contributed by atoms with Crippen LogP contribution >= 0.6 is 11.3 Å². The maximum Gasteiger partial charge on any atom is 0.275 e. The van der Waals surface area contributed by atoms with Crippen LogP contribution in [0.15, 0.2) is 34.2 Å². The van der Waals surface area contributed by atoms with Gasteiger partial charge in [0.15, 0.2) is 11.1 Å². The summed E-state index contributed by atoms with van der Waals surface area (Å²) >= 11 is 1.38. The summed E-state index contributed by atoms with van der Waals surface area (Å²) in [4.78, 5) is 8.56. The Morgan fingerprint density at radius 1 is 1.25 bits per heavy atom. The number of nitrogens with zero attached hydrogens (tertiary/aromatic N) is 3. The van der Waals surface area contributed by atoms with E-state index in [2.05, 4.69) is 15.1 Å². The van der Waals surface area contributed by atoms with Crippen LogP contribution in [0.25, 0.3) is 10.8 Å². The zero-order valence-electron chi connectivity index (χ0n) is 12.6. The van der Waals surface area contributed by atoms with Crippen LogP contribution in [0.5, 0.6) is 5.75 Å². The van der Waals surface area contributed by atoms with E-state index in [-0.39, 0.29) is 5.89 Å². The van der Waals surface area contributed by atoms with E-state index in [0.717, 1.165) is 11.3 Å². The molecule has 0 saturated heterocycles. The molecule has 5 nitrogen and oxygen atoms in total. The molecule has 0 bridgehead atoms. The Morgan fingerprint density at radius 2 is 2.08 bits per heavy atom. The summed E-state index contributed by atoms with van der Waals surface area (Å²) in [6.45, 7) is 1.86. The molecule has 2 aromatic heterocycles. The highest BCUT2D eigenvalue weighted by Crippen LogP contribution is 2.38. The van der Waals surface area contributed by atoms with Gasteiger partial charge in [0.05, 0.1) is 5.92 Å². The Balaban J connectivity index is 1.68. The van der Waals surface area contributed by atoms with E-state index in [1.807, 2.05) is 24.4 Å². The van der Waals surface area contributed by atoms with Crippen molar-refractivity contribution in [1.29, 1.82) is 0 Å². The second-order valence-electron chi connectivity index (χ2n) is 5.59. The number of rotatable bonds is 3. The number of hydrogen-bond acceptors (Lipinski definition) is 6. The lowest BCUT2D eigenvalue weighted by Gasteiger charge is -2.30. The lowest BCUT2D eigenvalue weighted by atomic mass is 9.90. The number of aromatic nitrogens is 3. The molecule has 2 atom stereocenters. The van der Waals surface area contributed by atoms with Crippen LogP contribution in [0.4, 0.5) is 8.78 Å². The first-order valence-corrected chi connectivity index (χ1v) is 8.28. The van der Waals surface area contributed by atoms with Crippen molar-refractivity contribution in [2.75, 3.05) is 0 Å². The first-order valence-electron chi connectivity index (χ1n) is 7.40. The second-order valence-corrected chi connectivity index (χ2v) is 6.44. The Hall–Kier alpha value is -2.35. The number of aryl methyl sites for hydroxylation is 1. The van der Waals surface area contributed by atoms with Crippen molar-refractivity contribution in [1.82, 2.24) is 15.1 Å². The van der Waals surface area contributed by atoms with Gasteiger partial charge in [0, 0.05) is 11.1 Å². The fourth-order valence-electron chi connectivity index (χ4n) is 2.75. The molecule has 0 fully saturated rings. The third-order valence-electron chi connectivity index (χ3n) is 3.89. The lowest BCUT2D eigenvalue weighted by Crippen LogP contribution is -2.37.